The third kappa shape index (κ3) is 42.6. The lowest BCUT2D eigenvalue weighted by Gasteiger charge is -2.42. The number of unbranched alkanes of at least 4 members (excludes halogenated alkanes) is 17. The van der Waals surface area contributed by atoms with Gasteiger partial charge in [-0.1, -0.05) is 70.6 Å². The van der Waals surface area contributed by atoms with E-state index in [4.69, 9.17) is 32.9 Å². The van der Waals surface area contributed by atoms with Crippen molar-refractivity contribution in [2.45, 2.75) is 324 Å². The van der Waals surface area contributed by atoms with Crippen LogP contribution in [0.2, 0.25) is 0 Å². The second-order valence-corrected chi connectivity index (χ2v) is 30.8. The van der Waals surface area contributed by atoms with Crippen LogP contribution in [0.15, 0.2) is 0 Å². The quantitative estimate of drug-likeness (QED) is 0.0250. The fraction of sp³-hybridized carbons (Fsp3) is 0.878. The number of phosphoric acid groups is 1. The van der Waals surface area contributed by atoms with Gasteiger partial charge in [-0.05, 0) is 103 Å². The normalized spacial score (nSPS) is 25.0. The minimum absolute atomic E-state index is 0.0123. The Morgan fingerprint density at radius 2 is 0.690 bits per heavy atom. The van der Waals surface area contributed by atoms with Gasteiger partial charge in [-0.2, -0.15) is 0 Å². The fourth-order valence-electron chi connectivity index (χ4n) is 13.1. The summed E-state index contributed by atoms with van der Waals surface area (Å²) < 4.78 is 55.0. The molecule has 113 heavy (non-hydrogen) atoms. The number of amides is 9. The summed E-state index contributed by atoms with van der Waals surface area (Å²) in [6.45, 7) is 3.18. The maximum Gasteiger partial charge on any atom is 0.471 e. The summed E-state index contributed by atoms with van der Waals surface area (Å²) in [6, 6.07) is -5.46. The first kappa shape index (κ1) is 102. The van der Waals surface area contributed by atoms with E-state index in [-0.39, 0.29) is 102 Å². The highest BCUT2D eigenvalue weighted by molar-refractivity contribution is 7.47. The first-order valence-electron chi connectivity index (χ1n) is 40.4. The Labute approximate surface area is 663 Å². The Morgan fingerprint density at radius 3 is 1.04 bits per heavy atom. The van der Waals surface area contributed by atoms with Crippen LogP contribution in [0.1, 0.15) is 220 Å². The van der Waals surface area contributed by atoms with E-state index in [1.807, 2.05) is 0 Å². The Balaban J connectivity index is 1.59. The zero-order chi connectivity index (χ0) is 83.5. The van der Waals surface area contributed by atoms with Gasteiger partial charge in [0.15, 0.2) is 18.9 Å². The van der Waals surface area contributed by atoms with Crippen molar-refractivity contribution in [3.63, 3.8) is 0 Å². The number of hydrogen-bond donors (Lipinski definition) is 20. The average molecular weight is 1650 g/mol. The number of aliphatic hydroxyl groups excluding tert-OH is 10. The van der Waals surface area contributed by atoms with Gasteiger partial charge in [0.05, 0.1) is 26.4 Å². The molecule has 3 aliphatic heterocycles. The van der Waals surface area contributed by atoms with Crippen LogP contribution in [0.5, 0.6) is 0 Å². The van der Waals surface area contributed by atoms with Crippen LogP contribution in [0.25, 0.3) is 0 Å². The van der Waals surface area contributed by atoms with Crippen LogP contribution >= 0.6 is 7.82 Å². The molecule has 3 fully saturated rings. The molecule has 20 N–H and O–H groups in total. The largest absolute Gasteiger partial charge is 0.471 e. The Morgan fingerprint density at radius 1 is 0.381 bits per heavy atom. The summed E-state index contributed by atoms with van der Waals surface area (Å²) in [5.74, 6) is -3.80. The van der Waals surface area contributed by atoms with E-state index in [1.54, 1.807) is 0 Å². The first-order valence-corrected chi connectivity index (χ1v) is 41.9. The lowest BCUT2D eigenvalue weighted by molar-refractivity contribution is -0.270. The second kappa shape index (κ2) is 59.4. The van der Waals surface area contributed by atoms with E-state index in [1.165, 1.54) is 20.8 Å². The molecule has 0 aromatic heterocycles. The molecular formula is C74H136N9O29P. The van der Waals surface area contributed by atoms with E-state index in [0.717, 1.165) is 58.5 Å². The summed E-state index contributed by atoms with van der Waals surface area (Å²) in [6.07, 6.45) is 1.13. The van der Waals surface area contributed by atoms with E-state index in [0.29, 0.717) is 129 Å². The van der Waals surface area contributed by atoms with Crippen LogP contribution in [0.4, 0.5) is 0 Å². The van der Waals surface area contributed by atoms with Crippen molar-refractivity contribution >= 4 is 61.0 Å². The lowest BCUT2D eigenvalue weighted by atomic mass is 9.97. The predicted octanol–water partition coefficient (Wildman–Crippen LogP) is -1.23. The van der Waals surface area contributed by atoms with Crippen molar-refractivity contribution in [3.05, 3.63) is 0 Å². The average Bonchev–Trinajstić information content (AvgIpc) is 0.820. The van der Waals surface area contributed by atoms with Crippen molar-refractivity contribution in [2.75, 3.05) is 86.1 Å². The van der Waals surface area contributed by atoms with Crippen molar-refractivity contribution in [3.8, 4) is 0 Å². The molecule has 0 aromatic carbocycles. The monoisotopic (exact) mass is 1650 g/mol. The third-order valence-corrected chi connectivity index (χ3v) is 20.7. The topological polar surface area (TPSA) is 575 Å². The van der Waals surface area contributed by atoms with Gasteiger partial charge in [-0.15, -0.1) is 0 Å². The SMILES string of the molecule is COP(=O)(O)OCC(CO)CCCCNC(=O)CCCCCCCCCCCNC(=O)[C@H](CCCCNC(=O)CCCCCOC1OC(CO)C(O)C(O)C1NC(C)=O)NC(=O)[C@H](CCCCNC(=O)CCCCCOC1OC(CO)C(O)C(O)C1NC(C)=O)NC(=O)CCCCCOC1OC(CO)C(O)C(O)C1NC(C)=O. The highest BCUT2D eigenvalue weighted by Crippen LogP contribution is 2.42. The number of nitrogens with one attached hydrogen (secondary N) is 9. The number of aliphatic hydroxyl groups is 10. The standard InChI is InChI=1S/C74H136N9O29P/c1-48(88)79-61-67(98)64(95)54(44-85)110-72(61)106-40-26-12-16-33-58(92)76-37-24-20-30-52(70(101)78-39-22-11-9-7-5-6-8-10-15-32-57(91)75-36-23-19-29-51(43-84)47-109-113(103,104)105-4)83-71(102)53(82-60(94)35-18-14-28-42-108-74-63(81-50(3)90)69(100)66(97)56(46-87)112-74)31-21-25-38-77-59(93)34-17-13-27-41-107-73-62(80-49(2)89)68(99)65(96)55(45-86)111-73/h51-56,61-69,72-74,84-87,95-100H,5-47H2,1-4H3,(H,75,91)(H,76,92)(H,77,93)(H,78,101)(H,79,88)(H,80,89)(H,81,90)(H,82,94)(H,83,102)(H,103,104)/t51?,52-,53-,54?,55?,56?,61?,62?,63?,64?,65?,66?,67?,68?,69?,72?,73?,74?/m0/s1. The molecule has 39 heteroatoms. The third-order valence-electron chi connectivity index (χ3n) is 19.7. The van der Waals surface area contributed by atoms with Gasteiger partial charge in [-0.3, -0.25) is 52.2 Å². The molecular weight excluding hydrogens is 1510 g/mol. The zero-order valence-electron chi connectivity index (χ0n) is 66.5. The number of rotatable bonds is 63. The van der Waals surface area contributed by atoms with Crippen molar-refractivity contribution in [1.82, 2.24) is 47.9 Å². The van der Waals surface area contributed by atoms with Gasteiger partial charge in [0.2, 0.25) is 53.2 Å². The van der Waals surface area contributed by atoms with Gasteiger partial charge in [0.25, 0.3) is 0 Å². The summed E-state index contributed by atoms with van der Waals surface area (Å²) in [7, 11) is -3.07. The van der Waals surface area contributed by atoms with Crippen molar-refractivity contribution in [2.24, 2.45) is 5.92 Å². The zero-order valence-corrected chi connectivity index (χ0v) is 67.4. The molecule has 3 saturated heterocycles. The summed E-state index contributed by atoms with van der Waals surface area (Å²) in [4.78, 5) is 126. The van der Waals surface area contributed by atoms with E-state index >= 15 is 0 Å². The second-order valence-electron chi connectivity index (χ2n) is 29.3. The van der Waals surface area contributed by atoms with Gasteiger partial charge < -0.3 is 132 Å². The number of ether oxygens (including phenoxy) is 6. The maximum absolute atomic E-state index is 14.5. The van der Waals surface area contributed by atoms with Gasteiger partial charge in [0.1, 0.15) is 85.1 Å². The lowest BCUT2D eigenvalue weighted by Crippen LogP contribution is -2.64. The fourth-order valence-corrected chi connectivity index (χ4v) is 13.6. The van der Waals surface area contributed by atoms with Crippen LogP contribution in [0.3, 0.4) is 0 Å². The Kier molecular flexibility index (Phi) is 53.5. The molecule has 9 amide bonds. The van der Waals surface area contributed by atoms with Crippen LogP contribution < -0.4 is 47.9 Å². The molecule has 0 spiro atoms. The molecule has 0 aliphatic carbocycles. The molecule has 38 nitrogen and oxygen atoms in total. The van der Waals surface area contributed by atoms with Crippen molar-refractivity contribution in [1.29, 1.82) is 0 Å². The molecule has 17 unspecified atom stereocenters. The Hall–Kier alpha value is -5.30. The number of carbonyl (C=O) groups is 9. The molecule has 3 heterocycles. The first-order chi connectivity index (χ1) is 54.1. The molecule has 656 valence electrons. The number of carbonyl (C=O) groups excluding carboxylic acids is 9. The molecule has 0 radical (unpaired) electrons. The predicted molar refractivity (Wildman–Crippen MR) is 406 cm³/mol. The van der Waals surface area contributed by atoms with Gasteiger partial charge in [-0.25, -0.2) is 4.57 Å². The molecule has 0 saturated carbocycles. The van der Waals surface area contributed by atoms with Gasteiger partial charge >= 0.3 is 7.82 Å². The van der Waals surface area contributed by atoms with Crippen LogP contribution in [-0.2, 0) is 85.2 Å². The highest BCUT2D eigenvalue weighted by Gasteiger charge is 2.48. The minimum atomic E-state index is -4.13. The summed E-state index contributed by atoms with van der Waals surface area (Å²) in [5.41, 5.74) is 0. The Bertz CT molecular complexity index is 2760. The summed E-state index contributed by atoms with van der Waals surface area (Å²) in [5, 5.41) is 126. The number of phosphoric ester groups is 1. The molecule has 0 bridgehead atoms. The van der Waals surface area contributed by atoms with Crippen molar-refractivity contribution < 1.29 is 141 Å². The molecule has 3 rings (SSSR count). The maximum atomic E-state index is 14.5. The molecule has 0 aromatic rings. The minimum Gasteiger partial charge on any atom is -0.396 e. The molecule has 3 aliphatic rings. The highest BCUT2D eigenvalue weighted by atomic mass is 31.2. The summed E-state index contributed by atoms with van der Waals surface area (Å²) >= 11 is 0. The number of hydrogen-bond acceptors (Lipinski definition) is 28. The van der Waals surface area contributed by atoms with E-state index in [2.05, 4.69) is 52.4 Å². The smallest absolute Gasteiger partial charge is 0.396 e. The van der Waals surface area contributed by atoms with E-state index in [9.17, 15) is 104 Å². The van der Waals surface area contributed by atoms with Crippen LogP contribution in [0, 0.1) is 5.92 Å². The molecule has 19 atom stereocenters. The van der Waals surface area contributed by atoms with E-state index < -0.39 is 167 Å². The van der Waals surface area contributed by atoms with Gasteiger partial charge in [0, 0.05) is 112 Å². The van der Waals surface area contributed by atoms with Crippen LogP contribution in [-0.4, -0.2) is 299 Å².